The van der Waals surface area contributed by atoms with E-state index >= 15 is 0 Å². The second-order valence-electron chi connectivity index (χ2n) is 9.12. The molecule has 3 rings (SSSR count). The largest absolute Gasteiger partial charge is 0.354 e. The number of carbonyl (C=O) groups excluding carboxylic acids is 2. The molecule has 39 heavy (non-hydrogen) atoms. The zero-order valence-corrected chi connectivity index (χ0v) is 24.6. The van der Waals surface area contributed by atoms with Crippen molar-refractivity contribution < 1.29 is 18.0 Å². The van der Waals surface area contributed by atoms with E-state index in [2.05, 4.69) is 5.32 Å². The van der Waals surface area contributed by atoms with Crippen LogP contribution in [-0.2, 0) is 26.2 Å². The van der Waals surface area contributed by atoms with Crippen LogP contribution in [0.3, 0.4) is 0 Å². The molecule has 1 atom stereocenters. The number of nitrogens with one attached hydrogen (secondary N) is 1. The Kier molecular flexibility index (Phi) is 10.8. The Morgan fingerprint density at radius 2 is 1.59 bits per heavy atom. The van der Waals surface area contributed by atoms with Gasteiger partial charge in [0, 0.05) is 13.1 Å². The number of benzene rings is 3. The van der Waals surface area contributed by atoms with Crippen LogP contribution in [0.15, 0.2) is 77.7 Å². The Morgan fingerprint density at radius 1 is 0.923 bits per heavy atom. The fourth-order valence-corrected chi connectivity index (χ4v) is 5.99. The molecule has 0 aromatic heterocycles. The van der Waals surface area contributed by atoms with Crippen LogP contribution in [-0.4, -0.2) is 44.3 Å². The van der Waals surface area contributed by atoms with E-state index in [9.17, 15) is 18.0 Å². The maximum atomic E-state index is 14.0. The number of hydrogen-bond donors (Lipinski definition) is 1. The summed E-state index contributed by atoms with van der Waals surface area (Å²) in [6.45, 7) is 5.73. The first-order chi connectivity index (χ1) is 18.6. The van der Waals surface area contributed by atoms with Crippen molar-refractivity contribution in [3.8, 4) is 0 Å². The molecule has 3 aromatic carbocycles. The fraction of sp³-hybridized carbons (Fsp3) is 0.310. The lowest BCUT2D eigenvalue weighted by Crippen LogP contribution is -2.52. The Morgan fingerprint density at radius 3 is 2.21 bits per heavy atom. The Balaban J connectivity index is 2.08. The van der Waals surface area contributed by atoms with Crippen molar-refractivity contribution in [1.82, 2.24) is 10.2 Å². The number of halogens is 2. The quantitative estimate of drug-likeness (QED) is 0.288. The smallest absolute Gasteiger partial charge is 0.264 e. The summed E-state index contributed by atoms with van der Waals surface area (Å²) in [4.78, 5) is 28.6. The first-order valence-electron chi connectivity index (χ1n) is 12.7. The van der Waals surface area contributed by atoms with E-state index in [0.717, 1.165) is 21.9 Å². The van der Waals surface area contributed by atoms with Crippen LogP contribution in [0.25, 0.3) is 0 Å². The molecule has 3 aromatic rings. The minimum Gasteiger partial charge on any atom is -0.354 e. The summed E-state index contributed by atoms with van der Waals surface area (Å²) >= 11 is 12.7. The van der Waals surface area contributed by atoms with Crippen LogP contribution < -0.4 is 9.62 Å². The molecule has 0 radical (unpaired) electrons. The Labute approximate surface area is 240 Å². The van der Waals surface area contributed by atoms with Crippen LogP contribution in [0.5, 0.6) is 0 Å². The maximum absolute atomic E-state index is 14.0. The van der Waals surface area contributed by atoms with Gasteiger partial charge in [0.1, 0.15) is 12.6 Å². The van der Waals surface area contributed by atoms with Gasteiger partial charge in [-0.1, -0.05) is 91.1 Å². The molecule has 10 heteroatoms. The number of anilines is 1. The molecule has 0 bridgehead atoms. The van der Waals surface area contributed by atoms with Gasteiger partial charge in [-0.25, -0.2) is 8.42 Å². The molecule has 0 saturated heterocycles. The molecule has 0 fully saturated rings. The van der Waals surface area contributed by atoms with Gasteiger partial charge in [-0.3, -0.25) is 13.9 Å². The summed E-state index contributed by atoms with van der Waals surface area (Å²) in [5.74, 6) is -0.845. The molecule has 208 valence electrons. The van der Waals surface area contributed by atoms with Gasteiger partial charge in [0.2, 0.25) is 11.8 Å². The number of amides is 2. The van der Waals surface area contributed by atoms with Gasteiger partial charge in [0.15, 0.2) is 0 Å². The summed E-state index contributed by atoms with van der Waals surface area (Å²) in [5.41, 5.74) is 1.94. The molecular formula is C29H33Cl2N3O4S. The summed E-state index contributed by atoms with van der Waals surface area (Å²) in [5, 5.41) is 3.02. The first kappa shape index (κ1) is 30.5. The minimum atomic E-state index is -4.23. The van der Waals surface area contributed by atoms with Gasteiger partial charge < -0.3 is 10.2 Å². The number of aryl methyl sites for hydroxylation is 1. The molecule has 0 spiro atoms. The Hall–Kier alpha value is -3.07. The second-order valence-corrected chi connectivity index (χ2v) is 11.8. The van der Waals surface area contributed by atoms with Gasteiger partial charge in [-0.2, -0.15) is 0 Å². The average Bonchev–Trinajstić information content (AvgIpc) is 2.93. The van der Waals surface area contributed by atoms with E-state index in [-0.39, 0.29) is 33.1 Å². The molecule has 0 saturated carbocycles. The van der Waals surface area contributed by atoms with Crippen molar-refractivity contribution in [2.24, 2.45) is 0 Å². The predicted molar refractivity (Wildman–Crippen MR) is 157 cm³/mol. The standard InChI is InChI=1S/C29H33Cl2N3O4S/c1-4-18-32-29(36)25(5-2)33(19-22-16-14-21(3)15-17-22)27(35)20-34(26-13-9-12-24(30)28(26)31)39(37,38)23-10-7-6-8-11-23/h6-17,25H,4-5,18-20H2,1-3H3,(H,32,36). The van der Waals surface area contributed by atoms with Crippen LogP contribution in [0, 0.1) is 6.92 Å². The summed E-state index contributed by atoms with van der Waals surface area (Å²) in [6, 6.07) is 19.2. The number of nitrogens with zero attached hydrogens (tertiary/aromatic N) is 2. The highest BCUT2D eigenvalue weighted by atomic mass is 35.5. The van der Waals surface area contributed by atoms with Gasteiger partial charge in [0.25, 0.3) is 10.0 Å². The third-order valence-corrected chi connectivity index (χ3v) is 8.80. The number of sulfonamides is 1. The topological polar surface area (TPSA) is 86.8 Å². The SMILES string of the molecule is CCCNC(=O)C(CC)N(Cc1ccc(C)cc1)C(=O)CN(c1cccc(Cl)c1Cl)S(=O)(=O)c1ccccc1. The summed E-state index contributed by atoms with van der Waals surface area (Å²) in [7, 11) is -4.23. The second kappa shape index (κ2) is 13.8. The molecule has 1 unspecified atom stereocenters. The highest BCUT2D eigenvalue weighted by Gasteiger charge is 2.34. The van der Waals surface area contributed by atoms with Gasteiger partial charge in [0.05, 0.1) is 20.6 Å². The number of hydrogen-bond acceptors (Lipinski definition) is 4. The van der Waals surface area contributed by atoms with Crippen LogP contribution in [0.1, 0.15) is 37.8 Å². The molecule has 1 N–H and O–H groups in total. The highest BCUT2D eigenvalue weighted by molar-refractivity contribution is 7.92. The highest BCUT2D eigenvalue weighted by Crippen LogP contribution is 2.35. The monoisotopic (exact) mass is 589 g/mol. The van der Waals surface area contributed by atoms with Crippen LogP contribution in [0.4, 0.5) is 5.69 Å². The minimum absolute atomic E-state index is 0.00397. The Bertz CT molecular complexity index is 1380. The van der Waals surface area contributed by atoms with E-state index in [1.54, 1.807) is 24.3 Å². The van der Waals surface area contributed by atoms with Crippen molar-refractivity contribution in [3.63, 3.8) is 0 Å². The van der Waals surface area contributed by atoms with E-state index in [4.69, 9.17) is 23.2 Å². The van der Waals surface area contributed by atoms with Gasteiger partial charge >= 0.3 is 0 Å². The van der Waals surface area contributed by atoms with E-state index < -0.39 is 28.5 Å². The lowest BCUT2D eigenvalue weighted by molar-refractivity contribution is -0.140. The third-order valence-electron chi connectivity index (χ3n) is 6.22. The molecule has 0 aliphatic heterocycles. The summed E-state index contributed by atoms with van der Waals surface area (Å²) < 4.78 is 28.6. The fourth-order valence-electron chi connectivity index (χ4n) is 4.09. The molecule has 0 aliphatic carbocycles. The van der Waals surface area contributed by atoms with E-state index in [1.165, 1.54) is 29.2 Å². The third kappa shape index (κ3) is 7.53. The maximum Gasteiger partial charge on any atom is 0.264 e. The summed E-state index contributed by atoms with van der Waals surface area (Å²) in [6.07, 6.45) is 1.08. The first-order valence-corrected chi connectivity index (χ1v) is 14.9. The van der Waals surface area contributed by atoms with Crippen molar-refractivity contribution in [1.29, 1.82) is 0 Å². The van der Waals surface area contributed by atoms with Crippen LogP contribution in [0.2, 0.25) is 10.0 Å². The van der Waals surface area contributed by atoms with Crippen molar-refractivity contribution >= 4 is 50.7 Å². The van der Waals surface area contributed by atoms with Crippen molar-refractivity contribution in [3.05, 3.63) is 94.0 Å². The number of carbonyl (C=O) groups is 2. The lowest BCUT2D eigenvalue weighted by Gasteiger charge is -2.33. The predicted octanol–water partition coefficient (Wildman–Crippen LogP) is 5.83. The molecular weight excluding hydrogens is 557 g/mol. The zero-order chi connectivity index (χ0) is 28.6. The lowest BCUT2D eigenvalue weighted by atomic mass is 10.1. The normalized spacial score (nSPS) is 12.0. The number of rotatable bonds is 12. The van der Waals surface area contributed by atoms with E-state index in [1.807, 2.05) is 45.0 Å². The van der Waals surface area contributed by atoms with E-state index in [0.29, 0.717) is 13.0 Å². The molecule has 0 aliphatic rings. The van der Waals surface area contributed by atoms with Gasteiger partial charge in [-0.05, 0) is 49.6 Å². The molecule has 2 amide bonds. The van der Waals surface area contributed by atoms with Gasteiger partial charge in [-0.15, -0.1) is 0 Å². The van der Waals surface area contributed by atoms with Crippen LogP contribution >= 0.6 is 23.2 Å². The average molecular weight is 591 g/mol. The van der Waals surface area contributed by atoms with Crippen molar-refractivity contribution in [2.75, 3.05) is 17.4 Å². The molecule has 0 heterocycles. The zero-order valence-electron chi connectivity index (χ0n) is 22.2. The van der Waals surface area contributed by atoms with Crippen molar-refractivity contribution in [2.45, 2.75) is 51.1 Å². The molecule has 7 nitrogen and oxygen atoms in total.